The Kier molecular flexibility index (Phi) is 4.01. The Hall–Kier alpha value is -1.59. The summed E-state index contributed by atoms with van der Waals surface area (Å²) in [7, 11) is 0. The zero-order chi connectivity index (χ0) is 15.0. The van der Waals surface area contributed by atoms with Crippen molar-refractivity contribution in [3.63, 3.8) is 0 Å². The number of cyclic esters (lactones) is 1. The number of benzene rings is 1. The standard InChI is InChI=1S/C15H20O5/c1-4-7(2)14-13(18)10-8(3)5-9(6-16)12(17)11(10)15(19)20-14/h5,7,13-14,16-18H,4,6H2,1-3H3/t7-,13+,14-/m1/s1. The third-order valence-corrected chi connectivity index (χ3v) is 4.06. The van der Waals surface area contributed by atoms with Crippen LogP contribution in [0.15, 0.2) is 6.07 Å². The fourth-order valence-corrected chi connectivity index (χ4v) is 2.67. The summed E-state index contributed by atoms with van der Waals surface area (Å²) in [6, 6.07) is 1.59. The van der Waals surface area contributed by atoms with Crippen LogP contribution in [0.25, 0.3) is 0 Å². The summed E-state index contributed by atoms with van der Waals surface area (Å²) in [6.07, 6.45) is -0.807. The number of esters is 1. The first kappa shape index (κ1) is 14.8. The molecular formula is C15H20O5. The summed E-state index contributed by atoms with van der Waals surface area (Å²) in [4.78, 5) is 12.1. The highest BCUT2D eigenvalue weighted by molar-refractivity contribution is 5.96. The summed E-state index contributed by atoms with van der Waals surface area (Å²) < 4.78 is 5.28. The van der Waals surface area contributed by atoms with Crippen LogP contribution in [0.5, 0.6) is 5.75 Å². The number of phenols is 1. The lowest BCUT2D eigenvalue weighted by Crippen LogP contribution is -2.37. The molecule has 0 spiro atoms. The number of aliphatic hydroxyl groups is 2. The Bertz CT molecular complexity index is 538. The molecule has 1 aromatic rings. The van der Waals surface area contributed by atoms with Crippen molar-refractivity contribution < 1.29 is 24.9 Å². The average Bonchev–Trinajstić information content (AvgIpc) is 2.43. The van der Waals surface area contributed by atoms with Crippen LogP contribution >= 0.6 is 0 Å². The number of aliphatic hydroxyl groups excluding tert-OH is 2. The molecule has 3 N–H and O–H groups in total. The number of aromatic hydroxyl groups is 1. The second kappa shape index (κ2) is 5.42. The van der Waals surface area contributed by atoms with E-state index in [1.165, 1.54) is 0 Å². The van der Waals surface area contributed by atoms with E-state index in [0.29, 0.717) is 11.1 Å². The van der Waals surface area contributed by atoms with Gasteiger partial charge in [-0.1, -0.05) is 13.8 Å². The molecule has 0 unspecified atom stereocenters. The molecule has 5 nitrogen and oxygen atoms in total. The van der Waals surface area contributed by atoms with Gasteiger partial charge in [0.25, 0.3) is 0 Å². The normalized spacial score (nSPS) is 23.1. The van der Waals surface area contributed by atoms with Gasteiger partial charge in [0.2, 0.25) is 0 Å². The molecule has 3 atom stereocenters. The highest BCUT2D eigenvalue weighted by atomic mass is 16.6. The lowest BCUT2D eigenvalue weighted by atomic mass is 9.84. The zero-order valence-corrected chi connectivity index (χ0v) is 11.9. The smallest absolute Gasteiger partial charge is 0.342 e. The fourth-order valence-electron chi connectivity index (χ4n) is 2.67. The first-order valence-electron chi connectivity index (χ1n) is 6.77. The van der Waals surface area contributed by atoms with Crippen LogP contribution < -0.4 is 0 Å². The maximum absolute atomic E-state index is 12.1. The van der Waals surface area contributed by atoms with Gasteiger partial charge >= 0.3 is 5.97 Å². The number of ether oxygens (including phenoxy) is 1. The van der Waals surface area contributed by atoms with Gasteiger partial charge in [0.1, 0.15) is 23.5 Å². The molecule has 0 saturated carbocycles. The molecule has 0 fully saturated rings. The van der Waals surface area contributed by atoms with E-state index in [9.17, 15) is 20.1 Å². The number of rotatable bonds is 3. The first-order valence-corrected chi connectivity index (χ1v) is 6.77. The Morgan fingerprint density at radius 2 is 2.10 bits per heavy atom. The van der Waals surface area contributed by atoms with Crippen LogP contribution in [-0.2, 0) is 11.3 Å². The minimum atomic E-state index is -0.962. The van der Waals surface area contributed by atoms with Crippen LogP contribution in [0, 0.1) is 12.8 Å². The number of carbonyl (C=O) groups excluding carboxylic acids is 1. The van der Waals surface area contributed by atoms with Gasteiger partial charge in [-0.25, -0.2) is 4.79 Å². The molecule has 1 aliphatic heterocycles. The first-order chi connectivity index (χ1) is 9.42. The SMILES string of the molecule is CC[C@@H](C)[C@H]1OC(=O)c2c(O)c(CO)cc(C)c2[C@@H]1O. The molecule has 5 heteroatoms. The second-order valence-electron chi connectivity index (χ2n) is 5.35. The zero-order valence-electron chi connectivity index (χ0n) is 11.9. The molecule has 0 bridgehead atoms. The summed E-state index contributed by atoms with van der Waals surface area (Å²) >= 11 is 0. The number of hydrogen-bond donors (Lipinski definition) is 3. The van der Waals surface area contributed by atoms with Crippen LogP contribution in [0.2, 0.25) is 0 Å². The van der Waals surface area contributed by atoms with Crippen molar-refractivity contribution in [1.29, 1.82) is 0 Å². The lowest BCUT2D eigenvalue weighted by molar-refractivity contribution is -0.0520. The number of aryl methyl sites for hydroxylation is 1. The van der Waals surface area contributed by atoms with Crippen molar-refractivity contribution in [2.75, 3.05) is 0 Å². The van der Waals surface area contributed by atoms with Crippen LogP contribution in [0.1, 0.15) is 53.4 Å². The highest BCUT2D eigenvalue weighted by Crippen LogP contribution is 2.41. The maximum Gasteiger partial charge on any atom is 0.342 e. The van der Waals surface area contributed by atoms with Gasteiger partial charge in [0.15, 0.2) is 0 Å². The van der Waals surface area contributed by atoms with Gasteiger partial charge < -0.3 is 20.1 Å². The topological polar surface area (TPSA) is 87.0 Å². The van der Waals surface area contributed by atoms with Gasteiger partial charge in [-0.2, -0.15) is 0 Å². The second-order valence-corrected chi connectivity index (χ2v) is 5.35. The number of hydrogen-bond acceptors (Lipinski definition) is 5. The quantitative estimate of drug-likeness (QED) is 0.735. The third-order valence-electron chi connectivity index (χ3n) is 4.06. The van der Waals surface area contributed by atoms with Gasteiger partial charge in [-0.05, 0) is 30.9 Å². The van der Waals surface area contributed by atoms with Crippen molar-refractivity contribution >= 4 is 5.97 Å². The van der Waals surface area contributed by atoms with E-state index < -0.39 is 18.2 Å². The molecule has 1 heterocycles. The lowest BCUT2D eigenvalue weighted by Gasteiger charge is -2.34. The maximum atomic E-state index is 12.1. The monoisotopic (exact) mass is 280 g/mol. The third kappa shape index (κ3) is 2.17. The molecule has 0 saturated heterocycles. The van der Waals surface area contributed by atoms with Crippen LogP contribution in [-0.4, -0.2) is 27.4 Å². The van der Waals surface area contributed by atoms with E-state index in [2.05, 4.69) is 0 Å². The fraction of sp³-hybridized carbons (Fsp3) is 0.533. The van der Waals surface area contributed by atoms with Crippen molar-refractivity contribution in [3.8, 4) is 5.75 Å². The van der Waals surface area contributed by atoms with Gasteiger partial charge in [-0.15, -0.1) is 0 Å². The Balaban J connectivity index is 2.59. The molecule has 110 valence electrons. The Morgan fingerprint density at radius 3 is 2.65 bits per heavy atom. The average molecular weight is 280 g/mol. The van der Waals surface area contributed by atoms with Crippen LogP contribution in [0.4, 0.5) is 0 Å². The van der Waals surface area contributed by atoms with E-state index in [-0.39, 0.29) is 29.4 Å². The molecule has 1 aromatic carbocycles. The predicted octanol–water partition coefficient (Wildman–Crippen LogP) is 1.81. The molecule has 20 heavy (non-hydrogen) atoms. The summed E-state index contributed by atoms with van der Waals surface area (Å²) in [6.45, 7) is 5.23. The van der Waals surface area contributed by atoms with E-state index in [0.717, 1.165) is 6.42 Å². The van der Waals surface area contributed by atoms with Gasteiger partial charge in [-0.3, -0.25) is 0 Å². The molecule has 0 amide bonds. The van der Waals surface area contributed by atoms with E-state index >= 15 is 0 Å². The summed E-state index contributed by atoms with van der Waals surface area (Å²) in [5.41, 5.74) is 1.30. The van der Waals surface area contributed by atoms with E-state index in [1.54, 1.807) is 13.0 Å². The van der Waals surface area contributed by atoms with Crippen molar-refractivity contribution in [3.05, 3.63) is 28.3 Å². The van der Waals surface area contributed by atoms with Gasteiger partial charge in [0.05, 0.1) is 6.61 Å². The predicted molar refractivity (Wildman–Crippen MR) is 72.4 cm³/mol. The van der Waals surface area contributed by atoms with Crippen molar-refractivity contribution in [1.82, 2.24) is 0 Å². The molecule has 0 aromatic heterocycles. The molecule has 1 aliphatic rings. The Labute approximate surface area is 117 Å². The summed E-state index contributed by atoms with van der Waals surface area (Å²) in [5.74, 6) is -0.938. The largest absolute Gasteiger partial charge is 0.507 e. The molecule has 0 radical (unpaired) electrons. The molecule has 2 rings (SSSR count). The number of carbonyl (C=O) groups is 1. The number of fused-ring (bicyclic) bond motifs is 1. The molecule has 0 aliphatic carbocycles. The van der Waals surface area contributed by atoms with E-state index in [4.69, 9.17) is 4.74 Å². The minimum Gasteiger partial charge on any atom is -0.507 e. The van der Waals surface area contributed by atoms with Gasteiger partial charge in [0, 0.05) is 11.1 Å². The Morgan fingerprint density at radius 1 is 1.45 bits per heavy atom. The van der Waals surface area contributed by atoms with Crippen molar-refractivity contribution in [2.45, 2.75) is 46.0 Å². The van der Waals surface area contributed by atoms with E-state index in [1.807, 2.05) is 13.8 Å². The minimum absolute atomic E-state index is 0.0150. The summed E-state index contributed by atoms with van der Waals surface area (Å²) in [5, 5.41) is 29.7. The molecular weight excluding hydrogens is 260 g/mol. The van der Waals surface area contributed by atoms with Crippen molar-refractivity contribution in [2.24, 2.45) is 5.92 Å². The highest BCUT2D eigenvalue weighted by Gasteiger charge is 2.40. The van der Waals surface area contributed by atoms with Crippen LogP contribution in [0.3, 0.4) is 0 Å².